The molecule has 25 heavy (non-hydrogen) atoms. The van der Waals surface area contributed by atoms with E-state index < -0.39 is 22.9 Å². The molecule has 0 aromatic heterocycles. The largest absolute Gasteiger partial charge is 0.348 e. The summed E-state index contributed by atoms with van der Waals surface area (Å²) in [6.45, 7) is 0. The van der Waals surface area contributed by atoms with Crippen molar-refractivity contribution in [2.45, 2.75) is 11.6 Å². The van der Waals surface area contributed by atoms with Crippen LogP contribution in [-0.4, -0.2) is 40.0 Å². The normalized spacial score (nSPS) is 22.8. The smallest absolute Gasteiger partial charge is 0.257 e. The molecule has 1 aromatic carbocycles. The van der Waals surface area contributed by atoms with Crippen molar-refractivity contribution < 1.29 is 18.9 Å². The number of nitriles is 2. The second kappa shape index (κ2) is 7.13. The molecule has 1 aromatic rings. The minimum absolute atomic E-state index is 0.616. The van der Waals surface area contributed by atoms with Crippen LogP contribution in [0.25, 0.3) is 6.08 Å². The van der Waals surface area contributed by atoms with Gasteiger partial charge in [0, 0.05) is 33.5 Å². The standard InChI is InChI=1S/C18H19ClN2O4/c1-22-17(23-2)15(10-7-13-5-8-14(19)9-6-13)16(11-20,12-21)18(17,24-3)25-4/h5-10,15H,1-4H3/t15-/m1/s1. The lowest BCUT2D eigenvalue weighted by molar-refractivity contribution is -0.489. The Kier molecular flexibility index (Phi) is 5.53. The monoisotopic (exact) mass is 362 g/mol. The predicted molar refractivity (Wildman–Crippen MR) is 91.1 cm³/mol. The summed E-state index contributed by atoms with van der Waals surface area (Å²) in [6, 6.07) is 11.2. The van der Waals surface area contributed by atoms with E-state index in [4.69, 9.17) is 30.5 Å². The second-order valence-corrected chi connectivity index (χ2v) is 5.96. The summed E-state index contributed by atoms with van der Waals surface area (Å²) in [5.41, 5.74) is -0.798. The average Bonchev–Trinajstić information content (AvgIpc) is 2.64. The van der Waals surface area contributed by atoms with Crippen LogP contribution in [0.2, 0.25) is 5.02 Å². The zero-order valence-corrected chi connectivity index (χ0v) is 15.2. The van der Waals surface area contributed by atoms with Crippen LogP contribution in [0.5, 0.6) is 0 Å². The van der Waals surface area contributed by atoms with Crippen molar-refractivity contribution in [2.75, 3.05) is 28.4 Å². The van der Waals surface area contributed by atoms with Crippen LogP contribution in [0.1, 0.15) is 5.56 Å². The van der Waals surface area contributed by atoms with Gasteiger partial charge in [-0.1, -0.05) is 35.9 Å². The Morgan fingerprint density at radius 2 is 1.48 bits per heavy atom. The minimum Gasteiger partial charge on any atom is -0.348 e. The maximum absolute atomic E-state index is 9.77. The Morgan fingerprint density at radius 1 is 0.960 bits per heavy atom. The van der Waals surface area contributed by atoms with Gasteiger partial charge in [0.05, 0.1) is 18.1 Å². The van der Waals surface area contributed by atoms with Gasteiger partial charge in [0.15, 0.2) is 0 Å². The average molecular weight is 363 g/mol. The first-order chi connectivity index (χ1) is 12.0. The van der Waals surface area contributed by atoms with Gasteiger partial charge in [-0.15, -0.1) is 0 Å². The summed E-state index contributed by atoms with van der Waals surface area (Å²) in [7, 11) is 5.52. The molecule has 7 heteroatoms. The lowest BCUT2D eigenvalue weighted by Crippen LogP contribution is -2.83. The SMILES string of the molecule is COC1(OC)[C@H](C=Cc2ccc(Cl)cc2)C(C#N)(C#N)C1(OC)OC. The van der Waals surface area contributed by atoms with E-state index in [1.807, 2.05) is 24.3 Å². The first kappa shape index (κ1) is 19.4. The number of methoxy groups -OCH3 is 4. The summed E-state index contributed by atoms with van der Waals surface area (Å²) in [5.74, 6) is -3.90. The molecule has 0 aliphatic heterocycles. The molecule has 0 radical (unpaired) electrons. The van der Waals surface area contributed by atoms with E-state index >= 15 is 0 Å². The number of benzene rings is 1. The van der Waals surface area contributed by atoms with Crippen LogP contribution in [0.4, 0.5) is 0 Å². The van der Waals surface area contributed by atoms with Crippen molar-refractivity contribution >= 4 is 17.7 Å². The first-order valence-corrected chi connectivity index (χ1v) is 7.82. The lowest BCUT2D eigenvalue weighted by Gasteiger charge is -2.64. The summed E-state index contributed by atoms with van der Waals surface area (Å²) in [4.78, 5) is 0. The topological polar surface area (TPSA) is 84.5 Å². The molecule has 0 bridgehead atoms. The second-order valence-electron chi connectivity index (χ2n) is 5.52. The van der Waals surface area contributed by atoms with Crippen LogP contribution in [0.15, 0.2) is 30.3 Å². The molecule has 2 rings (SSSR count). The Bertz CT molecular complexity index is 711. The highest BCUT2D eigenvalue weighted by atomic mass is 35.5. The maximum atomic E-state index is 9.77. The molecule has 1 saturated carbocycles. The number of rotatable bonds is 6. The minimum atomic E-state index is -1.69. The molecule has 0 unspecified atom stereocenters. The van der Waals surface area contributed by atoms with Gasteiger partial charge >= 0.3 is 0 Å². The zero-order valence-electron chi connectivity index (χ0n) is 14.4. The quantitative estimate of drug-likeness (QED) is 0.723. The van der Waals surface area contributed by atoms with Crippen molar-refractivity contribution in [3.63, 3.8) is 0 Å². The Balaban J connectivity index is 2.55. The van der Waals surface area contributed by atoms with E-state index in [-0.39, 0.29) is 0 Å². The summed E-state index contributed by atoms with van der Waals surface area (Å²) < 4.78 is 22.0. The van der Waals surface area contributed by atoms with Crippen molar-refractivity contribution in [3.8, 4) is 12.1 Å². The van der Waals surface area contributed by atoms with Crippen LogP contribution >= 0.6 is 11.6 Å². The molecule has 0 N–H and O–H groups in total. The Hall–Kier alpha value is -1.93. The van der Waals surface area contributed by atoms with E-state index in [9.17, 15) is 10.5 Å². The first-order valence-electron chi connectivity index (χ1n) is 7.44. The van der Waals surface area contributed by atoms with Crippen LogP contribution in [0, 0.1) is 34.0 Å². The number of halogens is 1. The van der Waals surface area contributed by atoms with E-state index in [2.05, 4.69) is 0 Å². The lowest BCUT2D eigenvalue weighted by atomic mass is 9.51. The third-order valence-electron chi connectivity index (χ3n) is 4.74. The van der Waals surface area contributed by atoms with Crippen LogP contribution in [0.3, 0.4) is 0 Å². The fraction of sp³-hybridized carbons (Fsp3) is 0.444. The van der Waals surface area contributed by atoms with Crippen LogP contribution < -0.4 is 0 Å². The number of nitrogens with zero attached hydrogens (tertiary/aromatic N) is 2. The molecule has 0 spiro atoms. The fourth-order valence-electron chi connectivity index (χ4n) is 3.55. The summed E-state index contributed by atoms with van der Waals surface area (Å²) in [6.07, 6.45) is 3.46. The molecule has 6 nitrogen and oxygen atoms in total. The van der Waals surface area contributed by atoms with Gasteiger partial charge in [-0.2, -0.15) is 10.5 Å². The van der Waals surface area contributed by atoms with E-state index in [1.165, 1.54) is 28.4 Å². The third-order valence-corrected chi connectivity index (χ3v) is 4.99. The maximum Gasteiger partial charge on any atom is 0.257 e. The number of hydrogen-bond acceptors (Lipinski definition) is 6. The van der Waals surface area contributed by atoms with Gasteiger partial charge in [0.1, 0.15) is 0 Å². The van der Waals surface area contributed by atoms with Gasteiger partial charge < -0.3 is 18.9 Å². The molecule has 0 heterocycles. The van der Waals surface area contributed by atoms with E-state index in [0.29, 0.717) is 5.02 Å². The molecule has 132 valence electrons. The van der Waals surface area contributed by atoms with E-state index in [1.54, 1.807) is 24.3 Å². The third kappa shape index (κ3) is 2.38. The highest BCUT2D eigenvalue weighted by Gasteiger charge is 2.85. The van der Waals surface area contributed by atoms with Crippen LogP contribution in [-0.2, 0) is 18.9 Å². The highest BCUT2D eigenvalue weighted by Crippen LogP contribution is 2.65. The molecule has 1 fully saturated rings. The van der Waals surface area contributed by atoms with Gasteiger partial charge in [-0.3, -0.25) is 0 Å². The van der Waals surface area contributed by atoms with Crippen molar-refractivity contribution in [2.24, 2.45) is 11.3 Å². The molecule has 1 atom stereocenters. The Labute approximate surface area is 152 Å². The molecule has 0 amide bonds. The zero-order chi connectivity index (χ0) is 18.7. The van der Waals surface area contributed by atoms with Crippen molar-refractivity contribution in [1.29, 1.82) is 10.5 Å². The fourth-order valence-corrected chi connectivity index (χ4v) is 3.68. The Morgan fingerprint density at radius 3 is 1.88 bits per heavy atom. The molecule has 1 aliphatic carbocycles. The molecule has 0 saturated heterocycles. The van der Waals surface area contributed by atoms with Gasteiger partial charge in [-0.25, -0.2) is 0 Å². The van der Waals surface area contributed by atoms with Gasteiger partial charge in [0.2, 0.25) is 11.2 Å². The summed E-state index contributed by atoms with van der Waals surface area (Å²) >= 11 is 5.88. The van der Waals surface area contributed by atoms with Gasteiger partial charge in [0.25, 0.3) is 5.79 Å². The molecule has 1 aliphatic rings. The summed E-state index contributed by atoms with van der Waals surface area (Å²) in [5, 5.41) is 20.1. The van der Waals surface area contributed by atoms with Crippen molar-refractivity contribution in [3.05, 3.63) is 40.9 Å². The molecular formula is C18H19ClN2O4. The predicted octanol–water partition coefficient (Wildman–Crippen LogP) is 2.99. The number of ether oxygens (including phenoxy) is 4. The van der Waals surface area contributed by atoms with Gasteiger partial charge in [-0.05, 0) is 17.7 Å². The highest BCUT2D eigenvalue weighted by molar-refractivity contribution is 6.30. The van der Waals surface area contributed by atoms with Crippen molar-refractivity contribution in [1.82, 2.24) is 0 Å². The van der Waals surface area contributed by atoms with E-state index in [0.717, 1.165) is 5.56 Å². The molecular weight excluding hydrogens is 344 g/mol. The number of hydrogen-bond donors (Lipinski definition) is 0.